The van der Waals surface area contributed by atoms with E-state index in [1.54, 1.807) is 0 Å². The summed E-state index contributed by atoms with van der Waals surface area (Å²) in [7, 11) is -5.03. The van der Waals surface area contributed by atoms with Gasteiger partial charge in [0.05, 0.1) is 19.8 Å². The molecule has 272 valence electrons. The van der Waals surface area contributed by atoms with E-state index < -0.39 is 59.8 Å². The van der Waals surface area contributed by atoms with E-state index in [4.69, 9.17) is 23.5 Å². The number of aliphatic hydroxyl groups is 3. The van der Waals surface area contributed by atoms with Crippen LogP contribution in [0.4, 0.5) is 0 Å². The van der Waals surface area contributed by atoms with Gasteiger partial charge in [-0.1, -0.05) is 103 Å². The Bertz CT molecular complexity index is 884. The molecule has 46 heavy (non-hydrogen) atoms. The largest absolute Gasteiger partial charge is 0.458 e. The molecule has 0 bridgehead atoms. The van der Waals surface area contributed by atoms with Crippen LogP contribution in [0.3, 0.4) is 0 Å². The zero-order valence-corrected chi connectivity index (χ0v) is 29.0. The molecule has 0 aliphatic carbocycles. The molecule has 0 saturated carbocycles. The summed E-state index contributed by atoms with van der Waals surface area (Å²) in [6, 6.07) is 0. The van der Waals surface area contributed by atoms with Crippen molar-refractivity contribution in [1.29, 1.82) is 0 Å². The number of aliphatic hydroxyl groups excluding tert-OH is 3. The monoisotopic (exact) mass is 682 g/mol. The predicted octanol–water partition coefficient (Wildman–Crippen LogP) is 5.18. The van der Waals surface area contributed by atoms with E-state index in [1.165, 1.54) is 103 Å². The molecule has 1 rings (SSSR count). The van der Waals surface area contributed by atoms with Crippen molar-refractivity contribution in [3.8, 4) is 0 Å². The number of hydrogen-bond acceptors (Lipinski definition) is 11. The SMILES string of the molecule is CCCCCCCC/C=C\CCCCCCCCCCCCOCC(COC1OC(CO)C(O)C(OS(=O)(=O)O)C1O)OC(C)=O. The van der Waals surface area contributed by atoms with Gasteiger partial charge in [0.15, 0.2) is 6.29 Å². The zero-order chi connectivity index (χ0) is 34.0. The molecule has 4 N–H and O–H groups in total. The quantitative estimate of drug-likeness (QED) is 0.0352. The Kier molecular flexibility index (Phi) is 24.9. The van der Waals surface area contributed by atoms with Gasteiger partial charge in [0.2, 0.25) is 0 Å². The zero-order valence-electron chi connectivity index (χ0n) is 28.1. The summed E-state index contributed by atoms with van der Waals surface area (Å²) >= 11 is 0. The number of rotatable bonds is 29. The lowest BCUT2D eigenvalue weighted by Crippen LogP contribution is -2.60. The Labute approximate surface area is 277 Å². The second kappa shape index (κ2) is 26.8. The lowest BCUT2D eigenvalue weighted by molar-refractivity contribution is -0.301. The van der Waals surface area contributed by atoms with E-state index in [1.807, 2.05) is 0 Å². The molecular weight excluding hydrogens is 620 g/mol. The highest BCUT2D eigenvalue weighted by Crippen LogP contribution is 2.26. The van der Waals surface area contributed by atoms with Crippen molar-refractivity contribution in [1.82, 2.24) is 0 Å². The molecule has 1 aliphatic heterocycles. The van der Waals surface area contributed by atoms with Crippen LogP contribution in [0.5, 0.6) is 0 Å². The number of unbranched alkanes of at least 4 members (excludes halogenated alkanes) is 16. The Morgan fingerprint density at radius 3 is 1.83 bits per heavy atom. The van der Waals surface area contributed by atoms with Gasteiger partial charge in [-0.15, -0.1) is 0 Å². The van der Waals surface area contributed by atoms with Crippen LogP contribution in [0.15, 0.2) is 12.2 Å². The van der Waals surface area contributed by atoms with Gasteiger partial charge in [0, 0.05) is 13.5 Å². The summed E-state index contributed by atoms with van der Waals surface area (Å²) in [6.45, 7) is 2.94. The Balaban J connectivity index is 2.12. The van der Waals surface area contributed by atoms with E-state index in [0.717, 1.165) is 19.3 Å². The van der Waals surface area contributed by atoms with Gasteiger partial charge in [-0.05, 0) is 32.1 Å². The number of hydrogen-bond donors (Lipinski definition) is 4. The second-order valence-electron chi connectivity index (χ2n) is 12.2. The summed E-state index contributed by atoms with van der Waals surface area (Å²) in [4.78, 5) is 11.5. The smallest absolute Gasteiger partial charge is 0.397 e. The molecule has 12 nitrogen and oxygen atoms in total. The van der Waals surface area contributed by atoms with E-state index in [-0.39, 0.29) is 13.2 Å². The van der Waals surface area contributed by atoms with Crippen molar-refractivity contribution in [3.05, 3.63) is 12.2 Å². The van der Waals surface area contributed by atoms with Crippen molar-refractivity contribution in [2.24, 2.45) is 0 Å². The van der Waals surface area contributed by atoms with Crippen LogP contribution in [0.1, 0.15) is 129 Å². The van der Waals surface area contributed by atoms with Gasteiger partial charge < -0.3 is 34.3 Å². The Morgan fingerprint density at radius 1 is 0.804 bits per heavy atom. The first-order chi connectivity index (χ1) is 22.1. The van der Waals surface area contributed by atoms with Crippen molar-refractivity contribution in [2.75, 3.05) is 26.4 Å². The molecular formula is C33H62O12S. The molecule has 0 aromatic heterocycles. The third-order valence-electron chi connectivity index (χ3n) is 7.94. The van der Waals surface area contributed by atoms with Gasteiger partial charge in [-0.3, -0.25) is 9.35 Å². The first-order valence-corrected chi connectivity index (χ1v) is 18.7. The average Bonchev–Trinajstić information content (AvgIpc) is 3.00. The molecule has 0 amide bonds. The van der Waals surface area contributed by atoms with E-state index in [2.05, 4.69) is 23.3 Å². The predicted molar refractivity (Wildman–Crippen MR) is 174 cm³/mol. The van der Waals surface area contributed by atoms with Crippen LogP contribution in [0.25, 0.3) is 0 Å². The van der Waals surface area contributed by atoms with Crippen molar-refractivity contribution in [2.45, 2.75) is 166 Å². The number of ether oxygens (including phenoxy) is 4. The number of esters is 1. The van der Waals surface area contributed by atoms with E-state index in [0.29, 0.717) is 6.61 Å². The van der Waals surface area contributed by atoms with Crippen LogP contribution in [-0.2, 0) is 38.3 Å². The Morgan fingerprint density at radius 2 is 1.33 bits per heavy atom. The molecule has 0 spiro atoms. The normalized spacial score (nSPS) is 22.8. The third kappa shape index (κ3) is 21.7. The lowest BCUT2D eigenvalue weighted by Gasteiger charge is -2.41. The summed E-state index contributed by atoms with van der Waals surface area (Å²) in [5, 5.41) is 30.0. The van der Waals surface area contributed by atoms with E-state index >= 15 is 0 Å². The molecule has 0 aromatic carbocycles. The summed E-state index contributed by atoms with van der Waals surface area (Å²) in [5.41, 5.74) is 0. The molecule has 1 saturated heterocycles. The first-order valence-electron chi connectivity index (χ1n) is 17.4. The third-order valence-corrected chi connectivity index (χ3v) is 8.40. The Hall–Kier alpha value is -1.16. The van der Waals surface area contributed by atoms with E-state index in [9.17, 15) is 28.5 Å². The fraction of sp³-hybridized carbons (Fsp3) is 0.909. The summed E-state index contributed by atoms with van der Waals surface area (Å²) in [5.74, 6) is -0.575. The number of carbonyl (C=O) groups excluding carboxylic acids is 1. The van der Waals surface area contributed by atoms with Gasteiger partial charge in [-0.25, -0.2) is 4.18 Å². The van der Waals surface area contributed by atoms with Crippen molar-refractivity contribution < 1.29 is 56.2 Å². The first kappa shape index (κ1) is 42.9. The molecule has 6 atom stereocenters. The van der Waals surface area contributed by atoms with Crippen LogP contribution >= 0.6 is 0 Å². The maximum absolute atomic E-state index is 11.5. The minimum atomic E-state index is -5.03. The second-order valence-corrected chi connectivity index (χ2v) is 13.2. The molecule has 1 heterocycles. The van der Waals surface area contributed by atoms with Crippen molar-refractivity contribution >= 4 is 16.4 Å². The fourth-order valence-corrected chi connectivity index (χ4v) is 5.88. The van der Waals surface area contributed by atoms with Gasteiger partial charge in [-0.2, -0.15) is 8.42 Å². The fourth-order valence-electron chi connectivity index (χ4n) is 5.37. The summed E-state index contributed by atoms with van der Waals surface area (Å²) in [6.07, 6.45) is 18.0. The highest BCUT2D eigenvalue weighted by molar-refractivity contribution is 7.80. The van der Waals surface area contributed by atoms with Crippen molar-refractivity contribution in [3.63, 3.8) is 0 Å². The topological polar surface area (TPSA) is 178 Å². The average molecular weight is 683 g/mol. The van der Waals surface area contributed by atoms with Gasteiger partial charge in [0.1, 0.15) is 30.5 Å². The number of carbonyl (C=O) groups is 1. The van der Waals surface area contributed by atoms with Crippen LogP contribution < -0.4 is 0 Å². The highest BCUT2D eigenvalue weighted by atomic mass is 32.3. The van der Waals surface area contributed by atoms with Gasteiger partial charge in [0.25, 0.3) is 0 Å². The standard InChI is InChI=1S/C33H62O12S/c1-3-4-5-6-7-8-9-10-11-12-13-14-15-16-17-18-19-20-21-22-23-41-25-28(43-27(2)35)26-42-33-31(37)32(45-46(38,39)40)30(36)29(24-34)44-33/h10-11,28-34,36-37H,3-9,12-26H2,1-2H3,(H,38,39,40)/b11-10-. The minimum absolute atomic E-state index is 0.0221. The molecule has 1 aliphatic rings. The molecule has 0 radical (unpaired) electrons. The van der Waals surface area contributed by atoms with Gasteiger partial charge >= 0.3 is 16.4 Å². The molecule has 0 aromatic rings. The van der Waals surface area contributed by atoms with Crippen LogP contribution in [0, 0.1) is 0 Å². The summed E-state index contributed by atoms with van der Waals surface area (Å²) < 4.78 is 57.3. The molecule has 13 heteroatoms. The maximum atomic E-state index is 11.5. The van der Waals surface area contributed by atoms with Crippen LogP contribution in [-0.4, -0.2) is 97.5 Å². The maximum Gasteiger partial charge on any atom is 0.397 e. The highest BCUT2D eigenvalue weighted by Gasteiger charge is 2.48. The molecule has 6 unspecified atom stereocenters. The number of allylic oxidation sites excluding steroid dienone is 2. The van der Waals surface area contributed by atoms with Crippen LogP contribution in [0.2, 0.25) is 0 Å². The molecule has 1 fully saturated rings. The minimum Gasteiger partial charge on any atom is -0.458 e. The lowest BCUT2D eigenvalue weighted by atomic mass is 9.99.